The van der Waals surface area contributed by atoms with Crippen molar-refractivity contribution in [3.05, 3.63) is 23.9 Å². The first kappa shape index (κ1) is 14.3. The van der Waals surface area contributed by atoms with E-state index in [1.54, 1.807) is 0 Å². The zero-order valence-electron chi connectivity index (χ0n) is 12.1. The fourth-order valence-corrected chi connectivity index (χ4v) is 2.54. The number of rotatable bonds is 6. The van der Waals surface area contributed by atoms with Gasteiger partial charge in [-0.25, -0.2) is 4.98 Å². The van der Waals surface area contributed by atoms with Crippen LogP contribution in [-0.4, -0.2) is 42.7 Å². The lowest BCUT2D eigenvalue weighted by Gasteiger charge is -2.32. The highest BCUT2D eigenvalue weighted by atomic mass is 16.5. The minimum Gasteiger partial charge on any atom is -0.377 e. The van der Waals surface area contributed by atoms with Crippen molar-refractivity contribution >= 4 is 5.82 Å². The van der Waals surface area contributed by atoms with Crippen molar-refractivity contribution in [3.8, 4) is 0 Å². The Bertz CT molecular complexity index is 383. The van der Waals surface area contributed by atoms with Crippen LogP contribution in [0.25, 0.3) is 0 Å². The van der Waals surface area contributed by atoms with Crippen LogP contribution in [-0.2, 0) is 11.3 Å². The van der Waals surface area contributed by atoms with Crippen LogP contribution < -0.4 is 5.32 Å². The van der Waals surface area contributed by atoms with Gasteiger partial charge in [0.2, 0.25) is 0 Å². The molecule has 0 amide bonds. The maximum atomic E-state index is 5.88. The Balaban J connectivity index is 1.87. The fraction of sp³-hybridized carbons (Fsp3) is 0.667. The number of piperidine rings is 1. The molecule has 106 valence electrons. The van der Waals surface area contributed by atoms with Crippen molar-refractivity contribution in [1.82, 2.24) is 9.88 Å². The second-order valence-electron chi connectivity index (χ2n) is 5.17. The van der Waals surface area contributed by atoms with Gasteiger partial charge in [0.15, 0.2) is 0 Å². The molecule has 1 aromatic heterocycles. The Hall–Kier alpha value is -1.13. The molecule has 4 nitrogen and oxygen atoms in total. The summed E-state index contributed by atoms with van der Waals surface area (Å²) in [7, 11) is 1.90. The van der Waals surface area contributed by atoms with Crippen LogP contribution in [0.2, 0.25) is 0 Å². The fourth-order valence-electron chi connectivity index (χ4n) is 2.54. The molecule has 0 aliphatic carbocycles. The predicted octanol–water partition coefficient (Wildman–Crippen LogP) is 2.51. The maximum absolute atomic E-state index is 5.88. The molecule has 19 heavy (non-hydrogen) atoms. The monoisotopic (exact) mass is 263 g/mol. The van der Waals surface area contributed by atoms with Gasteiger partial charge in [0.25, 0.3) is 0 Å². The minimum absolute atomic E-state index is 0.416. The van der Waals surface area contributed by atoms with Crippen LogP contribution in [0.4, 0.5) is 5.82 Å². The molecule has 1 fully saturated rings. The van der Waals surface area contributed by atoms with Gasteiger partial charge < -0.3 is 10.1 Å². The second kappa shape index (κ2) is 7.46. The summed E-state index contributed by atoms with van der Waals surface area (Å²) in [4.78, 5) is 6.74. The molecule has 0 aromatic carbocycles. The van der Waals surface area contributed by atoms with E-state index in [2.05, 4.69) is 34.3 Å². The van der Waals surface area contributed by atoms with Gasteiger partial charge in [0.05, 0.1) is 6.10 Å². The molecule has 0 radical (unpaired) electrons. The van der Waals surface area contributed by atoms with Gasteiger partial charge in [-0.2, -0.15) is 0 Å². The van der Waals surface area contributed by atoms with Crippen molar-refractivity contribution < 1.29 is 4.74 Å². The van der Waals surface area contributed by atoms with Gasteiger partial charge in [-0.05, 0) is 43.5 Å². The molecule has 1 aliphatic heterocycles. The first-order valence-corrected chi connectivity index (χ1v) is 7.28. The lowest BCUT2D eigenvalue weighted by atomic mass is 10.1. The number of nitrogens with zero attached hydrogens (tertiary/aromatic N) is 2. The third-order valence-corrected chi connectivity index (χ3v) is 3.51. The second-order valence-corrected chi connectivity index (χ2v) is 5.17. The topological polar surface area (TPSA) is 37.4 Å². The van der Waals surface area contributed by atoms with E-state index in [1.165, 1.54) is 24.9 Å². The van der Waals surface area contributed by atoms with Crippen LogP contribution in [0, 0.1) is 0 Å². The standard InChI is InChI=1S/C15H25N3O/c1-3-9-19-14-5-4-8-18(12-14)11-13-6-7-17-15(10-13)16-2/h6-7,10,14H,3-5,8-9,11-12H2,1-2H3,(H,16,17). The minimum atomic E-state index is 0.416. The Morgan fingerprint density at radius 3 is 3.21 bits per heavy atom. The number of aromatic nitrogens is 1. The van der Waals surface area contributed by atoms with Crippen molar-refractivity contribution in [1.29, 1.82) is 0 Å². The summed E-state index contributed by atoms with van der Waals surface area (Å²) in [6.07, 6.45) is 5.83. The predicted molar refractivity (Wildman–Crippen MR) is 78.3 cm³/mol. The van der Waals surface area contributed by atoms with E-state index in [9.17, 15) is 0 Å². The average Bonchev–Trinajstić information content (AvgIpc) is 2.46. The lowest BCUT2D eigenvalue weighted by Crippen LogP contribution is -2.39. The number of likely N-dealkylation sites (tertiary alicyclic amines) is 1. The van der Waals surface area contributed by atoms with E-state index in [4.69, 9.17) is 4.74 Å². The molecule has 0 bridgehead atoms. The molecule has 1 saturated heterocycles. The normalized spacial score (nSPS) is 20.4. The van der Waals surface area contributed by atoms with Crippen LogP contribution in [0.1, 0.15) is 31.7 Å². The summed E-state index contributed by atoms with van der Waals surface area (Å²) in [5, 5.41) is 3.09. The molecule has 4 heteroatoms. The highest BCUT2D eigenvalue weighted by molar-refractivity contribution is 5.36. The van der Waals surface area contributed by atoms with E-state index >= 15 is 0 Å². The molecular weight excluding hydrogens is 238 g/mol. The van der Waals surface area contributed by atoms with Crippen LogP contribution >= 0.6 is 0 Å². The first-order valence-electron chi connectivity index (χ1n) is 7.28. The maximum Gasteiger partial charge on any atom is 0.125 e. The summed E-state index contributed by atoms with van der Waals surface area (Å²) in [5.41, 5.74) is 1.32. The van der Waals surface area contributed by atoms with E-state index in [-0.39, 0.29) is 0 Å². The zero-order chi connectivity index (χ0) is 13.5. The van der Waals surface area contributed by atoms with Gasteiger partial charge in [-0.1, -0.05) is 6.92 Å². The summed E-state index contributed by atoms with van der Waals surface area (Å²) < 4.78 is 5.88. The number of ether oxygens (including phenoxy) is 1. The van der Waals surface area contributed by atoms with Crippen LogP contribution in [0.3, 0.4) is 0 Å². The smallest absolute Gasteiger partial charge is 0.125 e. The number of anilines is 1. The summed E-state index contributed by atoms with van der Waals surface area (Å²) in [6.45, 7) is 6.26. The number of pyridine rings is 1. The third kappa shape index (κ3) is 4.48. The molecule has 2 rings (SSSR count). The number of nitrogens with one attached hydrogen (secondary N) is 1. The SMILES string of the molecule is CCCOC1CCCN(Cc2ccnc(NC)c2)C1. The van der Waals surface area contributed by atoms with Crippen molar-refractivity contribution in [2.75, 3.05) is 32.1 Å². The number of hydrogen-bond donors (Lipinski definition) is 1. The summed E-state index contributed by atoms with van der Waals surface area (Å²) >= 11 is 0. The Labute approximate surface area is 116 Å². The van der Waals surface area contributed by atoms with Gasteiger partial charge >= 0.3 is 0 Å². The molecule has 1 atom stereocenters. The quantitative estimate of drug-likeness (QED) is 0.856. The van der Waals surface area contributed by atoms with Crippen molar-refractivity contribution in [2.24, 2.45) is 0 Å². The summed E-state index contributed by atoms with van der Waals surface area (Å²) in [6, 6.07) is 4.22. The average molecular weight is 263 g/mol. The lowest BCUT2D eigenvalue weighted by molar-refractivity contribution is -0.00222. The van der Waals surface area contributed by atoms with Crippen molar-refractivity contribution in [2.45, 2.75) is 38.8 Å². The molecule has 1 N–H and O–H groups in total. The Kier molecular flexibility index (Phi) is 5.61. The van der Waals surface area contributed by atoms with Crippen molar-refractivity contribution in [3.63, 3.8) is 0 Å². The first-order chi connectivity index (χ1) is 9.31. The molecule has 2 heterocycles. The third-order valence-electron chi connectivity index (χ3n) is 3.51. The Morgan fingerprint density at radius 1 is 1.53 bits per heavy atom. The molecule has 1 aromatic rings. The molecular formula is C15H25N3O. The van der Waals surface area contributed by atoms with Crippen LogP contribution in [0.5, 0.6) is 0 Å². The Morgan fingerprint density at radius 2 is 2.42 bits per heavy atom. The van der Waals surface area contributed by atoms with Gasteiger partial charge in [-0.15, -0.1) is 0 Å². The molecule has 0 spiro atoms. The van der Waals surface area contributed by atoms with E-state index < -0.39 is 0 Å². The van der Waals surface area contributed by atoms with E-state index in [0.29, 0.717) is 6.10 Å². The van der Waals surface area contributed by atoms with Gasteiger partial charge in [0.1, 0.15) is 5.82 Å². The summed E-state index contributed by atoms with van der Waals surface area (Å²) in [5.74, 6) is 0.938. The van der Waals surface area contributed by atoms with E-state index in [0.717, 1.165) is 31.9 Å². The highest BCUT2D eigenvalue weighted by Gasteiger charge is 2.20. The zero-order valence-corrected chi connectivity index (χ0v) is 12.1. The molecule has 1 aliphatic rings. The van der Waals surface area contributed by atoms with Crippen LogP contribution in [0.15, 0.2) is 18.3 Å². The van der Waals surface area contributed by atoms with Gasteiger partial charge in [-0.3, -0.25) is 4.90 Å². The van der Waals surface area contributed by atoms with Gasteiger partial charge in [0, 0.05) is 32.9 Å². The van der Waals surface area contributed by atoms with E-state index in [1.807, 2.05) is 13.2 Å². The molecule has 0 saturated carbocycles. The largest absolute Gasteiger partial charge is 0.377 e. The number of hydrogen-bond acceptors (Lipinski definition) is 4. The highest BCUT2D eigenvalue weighted by Crippen LogP contribution is 2.17. The molecule has 1 unspecified atom stereocenters.